The van der Waals surface area contributed by atoms with Crippen molar-refractivity contribution in [3.63, 3.8) is 0 Å². The van der Waals surface area contributed by atoms with Crippen LogP contribution in [0.5, 0.6) is 0 Å². The maximum Gasteiger partial charge on any atom is 0.266 e. The lowest BCUT2D eigenvalue weighted by Crippen LogP contribution is -2.47. The number of rotatable bonds is 3. The third kappa shape index (κ3) is 3.05. The smallest absolute Gasteiger partial charge is 0.266 e. The zero-order chi connectivity index (χ0) is 18.3. The molecule has 7 nitrogen and oxygen atoms in total. The van der Waals surface area contributed by atoms with Crippen molar-refractivity contribution in [1.82, 2.24) is 19.8 Å². The lowest BCUT2D eigenvalue weighted by Gasteiger charge is -2.35. The highest BCUT2D eigenvalue weighted by Crippen LogP contribution is 2.32. The normalized spacial score (nSPS) is 22.6. The fourth-order valence-corrected chi connectivity index (χ4v) is 4.64. The summed E-state index contributed by atoms with van der Waals surface area (Å²) >= 11 is 1.22. The molecule has 3 fully saturated rings. The number of hydrogen-bond acceptors (Lipinski definition) is 6. The van der Waals surface area contributed by atoms with Crippen LogP contribution in [0, 0.1) is 12.8 Å². The first-order valence-electron chi connectivity index (χ1n) is 8.75. The zero-order valence-electron chi connectivity index (χ0n) is 14.6. The second kappa shape index (κ2) is 6.68. The Balaban J connectivity index is 1.57. The van der Waals surface area contributed by atoms with Gasteiger partial charge in [-0.25, -0.2) is 4.98 Å². The van der Waals surface area contributed by atoms with Gasteiger partial charge in [0.15, 0.2) is 5.13 Å². The van der Waals surface area contributed by atoms with Gasteiger partial charge >= 0.3 is 0 Å². The van der Waals surface area contributed by atoms with Crippen molar-refractivity contribution in [1.29, 1.82) is 0 Å². The van der Waals surface area contributed by atoms with E-state index in [0.29, 0.717) is 35.3 Å². The second-order valence-corrected chi connectivity index (χ2v) is 7.92. The quantitative estimate of drug-likeness (QED) is 0.886. The van der Waals surface area contributed by atoms with Crippen LogP contribution >= 0.6 is 11.3 Å². The fourth-order valence-electron chi connectivity index (χ4n) is 3.84. The topological polar surface area (TPSA) is 92.4 Å². The summed E-state index contributed by atoms with van der Waals surface area (Å²) in [5.41, 5.74) is 7.27. The van der Waals surface area contributed by atoms with Crippen LogP contribution in [0.2, 0.25) is 0 Å². The third-order valence-corrected chi connectivity index (χ3v) is 6.12. The van der Waals surface area contributed by atoms with E-state index in [2.05, 4.69) is 9.97 Å². The van der Waals surface area contributed by atoms with Gasteiger partial charge in [-0.2, -0.15) is 0 Å². The molecule has 5 rings (SSSR count). The van der Waals surface area contributed by atoms with E-state index >= 15 is 0 Å². The van der Waals surface area contributed by atoms with Crippen molar-refractivity contribution in [3.05, 3.63) is 40.7 Å². The van der Waals surface area contributed by atoms with E-state index < -0.39 is 0 Å². The maximum absolute atomic E-state index is 13.0. The lowest BCUT2D eigenvalue weighted by atomic mass is 9.94. The average molecular weight is 371 g/mol. The zero-order valence-corrected chi connectivity index (χ0v) is 15.4. The lowest BCUT2D eigenvalue weighted by molar-refractivity contribution is -0.140. The highest BCUT2D eigenvalue weighted by atomic mass is 32.1. The summed E-state index contributed by atoms with van der Waals surface area (Å²) in [6.07, 6.45) is 3.48. The van der Waals surface area contributed by atoms with Crippen LogP contribution in [0.1, 0.15) is 33.9 Å². The van der Waals surface area contributed by atoms with E-state index in [0.717, 1.165) is 18.5 Å². The number of nitrogen functional groups attached to an aromatic ring is 1. The molecule has 0 spiro atoms. The van der Waals surface area contributed by atoms with Crippen LogP contribution in [-0.2, 0) is 11.3 Å². The number of pyridine rings is 1. The largest absolute Gasteiger partial charge is 0.375 e. The van der Waals surface area contributed by atoms with Gasteiger partial charge in [0.1, 0.15) is 4.88 Å². The molecule has 136 valence electrons. The molecule has 2 bridgehead atoms. The number of carbonyl (C=O) groups is 2. The molecule has 5 heterocycles. The number of hydrogen-bond donors (Lipinski definition) is 1. The first-order valence-corrected chi connectivity index (χ1v) is 9.57. The van der Waals surface area contributed by atoms with E-state index in [-0.39, 0.29) is 23.8 Å². The van der Waals surface area contributed by atoms with Crippen LogP contribution in [0.3, 0.4) is 0 Å². The molecule has 2 aromatic rings. The Morgan fingerprint density at radius 2 is 2.19 bits per heavy atom. The van der Waals surface area contributed by atoms with Crippen LogP contribution in [0.15, 0.2) is 24.4 Å². The summed E-state index contributed by atoms with van der Waals surface area (Å²) in [6.45, 7) is 3.30. The van der Waals surface area contributed by atoms with E-state index in [1.165, 1.54) is 11.3 Å². The van der Waals surface area contributed by atoms with Gasteiger partial charge in [-0.3, -0.25) is 14.6 Å². The van der Waals surface area contributed by atoms with Crippen LogP contribution in [-0.4, -0.2) is 50.7 Å². The van der Waals surface area contributed by atoms with Crippen LogP contribution in [0.4, 0.5) is 5.13 Å². The first-order chi connectivity index (χ1) is 12.5. The minimum Gasteiger partial charge on any atom is -0.375 e. The highest BCUT2D eigenvalue weighted by molar-refractivity contribution is 7.17. The number of amides is 2. The predicted octanol–water partition coefficient (Wildman–Crippen LogP) is 1.69. The van der Waals surface area contributed by atoms with Crippen LogP contribution in [0.25, 0.3) is 0 Å². The first kappa shape index (κ1) is 17.0. The Kier molecular flexibility index (Phi) is 4.36. The number of nitrogens with two attached hydrogens (primary N) is 1. The Morgan fingerprint density at radius 1 is 1.35 bits per heavy atom. The molecule has 3 aliphatic rings. The average Bonchev–Trinajstić information content (AvgIpc) is 2.80. The molecule has 2 atom stereocenters. The van der Waals surface area contributed by atoms with Crippen molar-refractivity contribution in [2.24, 2.45) is 5.92 Å². The third-order valence-electron chi connectivity index (χ3n) is 5.15. The number of aryl methyl sites for hydroxylation is 1. The molecule has 0 saturated carbocycles. The van der Waals surface area contributed by atoms with Gasteiger partial charge in [0.05, 0.1) is 23.9 Å². The summed E-state index contributed by atoms with van der Waals surface area (Å²) in [6, 6.07) is 5.75. The molecule has 0 radical (unpaired) electrons. The molecule has 8 heteroatoms. The molecule has 2 N–H and O–H groups in total. The standard InChI is InChI=1S/C18H21N5O2S/c1-11-15(26-18(19)21-11)17(25)22-8-12-5-6-14(10-22)23(16(12)24)9-13-4-2-3-7-20-13/h2-4,7,12,14H,5-6,8-10H2,1H3,(H2,19,21)/t12-,14+/m1/s1. The Bertz CT molecular complexity index is 837. The highest BCUT2D eigenvalue weighted by Gasteiger charge is 2.42. The van der Waals surface area contributed by atoms with E-state index in [1.807, 2.05) is 23.1 Å². The Labute approximate surface area is 155 Å². The van der Waals surface area contributed by atoms with E-state index in [4.69, 9.17) is 5.73 Å². The number of carbonyl (C=O) groups excluding carboxylic acids is 2. The SMILES string of the molecule is Cc1nc(N)sc1C(=O)N1C[C@H]2CC[C@@H](C1)N(Cc1ccccn1)C2=O. The molecular weight excluding hydrogens is 350 g/mol. The van der Waals surface area contributed by atoms with Gasteiger partial charge < -0.3 is 15.5 Å². The number of nitrogens with zero attached hydrogens (tertiary/aromatic N) is 4. The summed E-state index contributed by atoms with van der Waals surface area (Å²) in [5, 5.41) is 0.400. The van der Waals surface area contributed by atoms with Gasteiger partial charge in [-0.05, 0) is 31.9 Å². The Morgan fingerprint density at radius 3 is 2.88 bits per heavy atom. The van der Waals surface area contributed by atoms with Crippen LogP contribution < -0.4 is 5.73 Å². The summed E-state index contributed by atoms with van der Waals surface area (Å²) in [7, 11) is 0. The molecule has 2 aromatic heterocycles. The van der Waals surface area contributed by atoms with E-state index in [9.17, 15) is 9.59 Å². The Hall–Kier alpha value is -2.48. The van der Waals surface area contributed by atoms with Crippen molar-refractivity contribution < 1.29 is 9.59 Å². The minimum atomic E-state index is -0.146. The minimum absolute atomic E-state index is 0.0257. The number of aromatic nitrogens is 2. The monoisotopic (exact) mass is 371 g/mol. The van der Waals surface area contributed by atoms with Crippen molar-refractivity contribution in [2.75, 3.05) is 18.8 Å². The molecule has 3 saturated heterocycles. The summed E-state index contributed by atoms with van der Waals surface area (Å²) in [4.78, 5) is 38.7. The molecule has 0 aliphatic carbocycles. The van der Waals surface area contributed by atoms with Crippen molar-refractivity contribution in [2.45, 2.75) is 32.4 Å². The fraction of sp³-hybridized carbons (Fsp3) is 0.444. The van der Waals surface area contributed by atoms with Crippen molar-refractivity contribution >= 4 is 28.3 Å². The van der Waals surface area contributed by atoms with Gasteiger partial charge in [-0.15, -0.1) is 0 Å². The number of thiazole rings is 1. The molecule has 0 unspecified atom stereocenters. The summed E-state index contributed by atoms with van der Waals surface area (Å²) in [5.74, 6) is -0.0872. The molecule has 26 heavy (non-hydrogen) atoms. The van der Waals surface area contributed by atoms with Gasteiger partial charge in [0.25, 0.3) is 5.91 Å². The number of piperidine rings is 1. The van der Waals surface area contributed by atoms with Crippen molar-refractivity contribution in [3.8, 4) is 0 Å². The second-order valence-electron chi connectivity index (χ2n) is 6.89. The molecule has 2 amide bonds. The molecule has 3 aliphatic heterocycles. The van der Waals surface area contributed by atoms with E-state index in [1.54, 1.807) is 18.0 Å². The summed E-state index contributed by atoms with van der Waals surface area (Å²) < 4.78 is 0. The van der Waals surface area contributed by atoms with Gasteiger partial charge in [-0.1, -0.05) is 17.4 Å². The van der Waals surface area contributed by atoms with Gasteiger partial charge in [0, 0.05) is 25.3 Å². The predicted molar refractivity (Wildman–Crippen MR) is 98.5 cm³/mol. The number of anilines is 1. The number of fused-ring (bicyclic) bond motifs is 4. The molecular formula is C18H21N5O2S. The van der Waals surface area contributed by atoms with Gasteiger partial charge in [0.2, 0.25) is 5.91 Å². The maximum atomic E-state index is 13.0. The molecule has 0 aromatic carbocycles.